The molecular weight excluding hydrogens is 629 g/mol. The molecule has 1 aliphatic heterocycles. The Morgan fingerprint density at radius 2 is 1.61 bits per heavy atom. The zero-order chi connectivity index (χ0) is 33.3. The average molecular weight is 659 g/mol. The normalized spacial score (nSPS) is 17.1. The maximum absolute atomic E-state index is 15.0. The number of alkyl halides is 3. The number of anilines is 2. The SMILES string of the molecule is O=C(NCC(F)(F)F)OC[C@@H]1CO[C@H](COc2c(F)cc(F)cc2N[C@@H](Cc2ccc(F)cc2)C(=O)Nc2ccc(F)cc2)CN1. The van der Waals surface area contributed by atoms with Crippen LogP contribution in [-0.4, -0.2) is 69.3 Å². The second kappa shape index (κ2) is 15.6. The van der Waals surface area contributed by atoms with Crippen LogP contribution in [0.4, 0.5) is 46.9 Å². The number of amides is 2. The van der Waals surface area contributed by atoms with E-state index in [1.807, 2.05) is 0 Å². The number of ether oxygens (including phenoxy) is 3. The highest BCUT2D eigenvalue weighted by atomic mass is 19.4. The van der Waals surface area contributed by atoms with Gasteiger partial charge in [0.25, 0.3) is 0 Å². The summed E-state index contributed by atoms with van der Waals surface area (Å²) in [5.41, 5.74) is 0.566. The molecule has 3 atom stereocenters. The van der Waals surface area contributed by atoms with Crippen molar-refractivity contribution < 1.29 is 54.5 Å². The quantitative estimate of drug-likeness (QED) is 0.205. The molecule has 0 unspecified atom stereocenters. The van der Waals surface area contributed by atoms with Crippen molar-refractivity contribution in [1.29, 1.82) is 0 Å². The molecule has 0 radical (unpaired) electrons. The van der Waals surface area contributed by atoms with Crippen LogP contribution in [0, 0.1) is 23.3 Å². The first-order chi connectivity index (χ1) is 21.8. The highest BCUT2D eigenvalue weighted by molar-refractivity contribution is 5.97. The third-order valence-corrected chi connectivity index (χ3v) is 6.55. The minimum absolute atomic E-state index is 0.0269. The van der Waals surface area contributed by atoms with Gasteiger partial charge in [0.2, 0.25) is 5.91 Å². The van der Waals surface area contributed by atoms with E-state index >= 15 is 0 Å². The van der Waals surface area contributed by atoms with Gasteiger partial charge in [0, 0.05) is 30.8 Å². The summed E-state index contributed by atoms with van der Waals surface area (Å²) in [6, 6.07) is 10.0. The number of alkyl carbamates (subject to hydrolysis) is 1. The predicted octanol–water partition coefficient (Wildman–Crippen LogP) is 4.93. The molecular formula is C30H29F7N4O5. The molecule has 4 rings (SSSR count). The molecule has 3 aromatic rings. The lowest BCUT2D eigenvalue weighted by molar-refractivity contribution is -0.124. The number of hydrogen-bond acceptors (Lipinski definition) is 7. The lowest BCUT2D eigenvalue weighted by atomic mass is 10.0. The number of carbonyl (C=O) groups is 2. The molecule has 46 heavy (non-hydrogen) atoms. The summed E-state index contributed by atoms with van der Waals surface area (Å²) in [6.45, 7) is -1.97. The first kappa shape index (κ1) is 34.3. The Morgan fingerprint density at radius 1 is 0.935 bits per heavy atom. The van der Waals surface area contributed by atoms with E-state index in [4.69, 9.17) is 14.2 Å². The molecule has 0 spiro atoms. The molecule has 0 saturated carbocycles. The third-order valence-electron chi connectivity index (χ3n) is 6.55. The van der Waals surface area contributed by atoms with Crippen molar-refractivity contribution in [2.75, 3.05) is 43.5 Å². The van der Waals surface area contributed by atoms with Crippen LogP contribution in [0.3, 0.4) is 0 Å². The van der Waals surface area contributed by atoms with E-state index < -0.39 is 71.9 Å². The topological polar surface area (TPSA) is 110 Å². The molecule has 0 bridgehead atoms. The number of nitrogens with one attached hydrogen (secondary N) is 4. The molecule has 248 valence electrons. The van der Waals surface area contributed by atoms with E-state index in [1.165, 1.54) is 36.4 Å². The van der Waals surface area contributed by atoms with Gasteiger partial charge < -0.3 is 35.5 Å². The Bertz CT molecular complexity index is 1470. The van der Waals surface area contributed by atoms with E-state index in [2.05, 4.69) is 16.0 Å². The van der Waals surface area contributed by atoms with Crippen molar-refractivity contribution in [2.45, 2.75) is 30.8 Å². The van der Waals surface area contributed by atoms with Crippen molar-refractivity contribution in [3.05, 3.63) is 89.5 Å². The van der Waals surface area contributed by atoms with Gasteiger partial charge in [0.05, 0.1) is 18.3 Å². The van der Waals surface area contributed by atoms with Crippen LogP contribution >= 0.6 is 0 Å². The summed E-state index contributed by atoms with van der Waals surface area (Å²) < 4.78 is 109. The fraction of sp³-hybridized carbons (Fsp3) is 0.333. The number of rotatable bonds is 12. The molecule has 1 saturated heterocycles. The number of benzene rings is 3. The minimum Gasteiger partial charge on any atom is -0.486 e. The standard InChI is InChI=1S/C30H29F7N4O5/c31-18-3-1-17(2-4-18)9-26(28(42)40-21-7-5-19(32)6-8-21)41-25-11-20(33)10-24(34)27(25)45-15-23-12-38-22(13-44-23)14-46-29(43)39-16-30(35,36)37/h1-8,10-11,22-23,26,38,41H,9,12-16H2,(H,39,43)(H,40,42)/t22-,23-,26-/m0/s1. The van der Waals surface area contributed by atoms with Gasteiger partial charge in [-0.25, -0.2) is 22.4 Å². The van der Waals surface area contributed by atoms with Gasteiger partial charge in [-0.15, -0.1) is 0 Å². The summed E-state index contributed by atoms with van der Waals surface area (Å²) in [5, 5.41) is 9.95. The Labute approximate surface area is 258 Å². The summed E-state index contributed by atoms with van der Waals surface area (Å²) >= 11 is 0. The summed E-state index contributed by atoms with van der Waals surface area (Å²) in [7, 11) is 0. The Morgan fingerprint density at radius 3 is 2.24 bits per heavy atom. The van der Waals surface area contributed by atoms with E-state index in [1.54, 1.807) is 5.32 Å². The fourth-order valence-electron chi connectivity index (χ4n) is 4.29. The second-order valence-electron chi connectivity index (χ2n) is 10.2. The first-order valence-corrected chi connectivity index (χ1v) is 13.9. The van der Waals surface area contributed by atoms with Gasteiger partial charge in [-0.1, -0.05) is 12.1 Å². The van der Waals surface area contributed by atoms with Gasteiger partial charge in [-0.2, -0.15) is 13.2 Å². The fourth-order valence-corrected chi connectivity index (χ4v) is 4.29. The van der Waals surface area contributed by atoms with Crippen LogP contribution in [0.2, 0.25) is 0 Å². The van der Waals surface area contributed by atoms with Gasteiger partial charge in [-0.3, -0.25) is 4.79 Å². The van der Waals surface area contributed by atoms with Crippen LogP contribution in [0.5, 0.6) is 5.75 Å². The van der Waals surface area contributed by atoms with Crippen molar-refractivity contribution >= 4 is 23.4 Å². The lowest BCUT2D eigenvalue weighted by Crippen LogP contribution is -2.51. The van der Waals surface area contributed by atoms with Crippen LogP contribution < -0.4 is 26.0 Å². The smallest absolute Gasteiger partial charge is 0.407 e. The van der Waals surface area contributed by atoms with Crippen molar-refractivity contribution in [3.63, 3.8) is 0 Å². The number of morpholine rings is 1. The molecule has 4 N–H and O–H groups in total. The number of hydrogen-bond donors (Lipinski definition) is 4. The monoisotopic (exact) mass is 658 g/mol. The lowest BCUT2D eigenvalue weighted by Gasteiger charge is -2.30. The van der Waals surface area contributed by atoms with Gasteiger partial charge in [-0.05, 0) is 42.0 Å². The highest BCUT2D eigenvalue weighted by Gasteiger charge is 2.29. The van der Waals surface area contributed by atoms with Crippen molar-refractivity contribution in [1.82, 2.24) is 10.6 Å². The number of carbonyl (C=O) groups excluding carboxylic acids is 2. The third kappa shape index (κ3) is 10.8. The second-order valence-corrected chi connectivity index (χ2v) is 10.2. The molecule has 16 heteroatoms. The number of halogens is 7. The maximum atomic E-state index is 15.0. The van der Waals surface area contributed by atoms with Gasteiger partial charge in [0.1, 0.15) is 49.4 Å². The highest BCUT2D eigenvalue weighted by Crippen LogP contribution is 2.31. The summed E-state index contributed by atoms with van der Waals surface area (Å²) in [6.07, 6.45) is -6.54. The van der Waals surface area contributed by atoms with E-state index in [9.17, 15) is 40.3 Å². The zero-order valence-corrected chi connectivity index (χ0v) is 23.9. The van der Waals surface area contributed by atoms with Gasteiger partial charge >= 0.3 is 12.3 Å². The van der Waals surface area contributed by atoms with E-state index in [0.29, 0.717) is 11.6 Å². The molecule has 9 nitrogen and oxygen atoms in total. The van der Waals surface area contributed by atoms with Crippen molar-refractivity contribution in [2.24, 2.45) is 0 Å². The van der Waals surface area contributed by atoms with Gasteiger partial charge in [0.15, 0.2) is 11.6 Å². The molecule has 0 aromatic heterocycles. The Balaban J connectivity index is 1.39. The van der Waals surface area contributed by atoms with Crippen LogP contribution in [-0.2, 0) is 20.7 Å². The predicted molar refractivity (Wildman–Crippen MR) is 151 cm³/mol. The first-order valence-electron chi connectivity index (χ1n) is 13.9. The molecule has 1 fully saturated rings. The minimum atomic E-state index is -4.59. The van der Waals surface area contributed by atoms with E-state index in [0.717, 1.165) is 18.2 Å². The molecule has 3 aromatic carbocycles. The Hall–Kier alpha value is -4.57. The summed E-state index contributed by atoms with van der Waals surface area (Å²) in [5.74, 6) is -4.14. The molecule has 1 aliphatic rings. The maximum Gasteiger partial charge on any atom is 0.407 e. The Kier molecular flexibility index (Phi) is 11.7. The summed E-state index contributed by atoms with van der Waals surface area (Å²) in [4.78, 5) is 24.7. The molecule has 1 heterocycles. The van der Waals surface area contributed by atoms with E-state index in [-0.39, 0.29) is 44.2 Å². The zero-order valence-electron chi connectivity index (χ0n) is 23.9. The van der Waals surface area contributed by atoms with Crippen molar-refractivity contribution in [3.8, 4) is 5.75 Å². The largest absolute Gasteiger partial charge is 0.486 e. The van der Waals surface area contributed by atoms with Crippen LogP contribution in [0.25, 0.3) is 0 Å². The van der Waals surface area contributed by atoms with Crippen LogP contribution in [0.1, 0.15) is 5.56 Å². The average Bonchev–Trinajstić information content (AvgIpc) is 3.00. The molecule has 0 aliphatic carbocycles. The molecule has 2 amide bonds. The van der Waals surface area contributed by atoms with Crippen LogP contribution in [0.15, 0.2) is 60.7 Å².